The quantitative estimate of drug-likeness (QED) is 0.681. The Bertz CT molecular complexity index is 246. The van der Waals surface area contributed by atoms with E-state index in [4.69, 9.17) is 4.74 Å². The van der Waals surface area contributed by atoms with Gasteiger partial charge in [0, 0.05) is 18.9 Å². The van der Waals surface area contributed by atoms with Crippen LogP contribution in [-0.4, -0.2) is 42.6 Å². The Morgan fingerprint density at radius 3 is 2.38 bits per heavy atom. The van der Waals surface area contributed by atoms with Crippen molar-refractivity contribution in [1.82, 2.24) is 14.9 Å². The van der Waals surface area contributed by atoms with Gasteiger partial charge in [-0.05, 0) is 26.1 Å². The lowest BCUT2D eigenvalue weighted by molar-refractivity contribution is 0.378. The molecule has 0 radical (unpaired) electrons. The smallest absolute Gasteiger partial charge is 0.316 e. The minimum Gasteiger partial charge on any atom is -0.467 e. The summed E-state index contributed by atoms with van der Waals surface area (Å²) < 4.78 is 4.86. The molecule has 72 valence electrons. The number of hydrogen-bond donors (Lipinski definition) is 0. The van der Waals surface area contributed by atoms with Crippen molar-refractivity contribution in [2.24, 2.45) is 0 Å². The average molecular weight is 181 g/mol. The topological polar surface area (TPSA) is 38.2 Å². The maximum Gasteiger partial charge on any atom is 0.316 e. The SMILES string of the molecule is COc1ncc(CCN(C)C)cn1. The van der Waals surface area contributed by atoms with Crippen LogP contribution in [0.4, 0.5) is 0 Å². The molecule has 4 nitrogen and oxygen atoms in total. The van der Waals surface area contributed by atoms with Gasteiger partial charge in [0.2, 0.25) is 0 Å². The molecule has 1 aromatic rings. The zero-order valence-electron chi connectivity index (χ0n) is 8.32. The lowest BCUT2D eigenvalue weighted by atomic mass is 10.2. The molecular formula is C9H15N3O. The Hall–Kier alpha value is -1.16. The molecule has 4 heteroatoms. The molecular weight excluding hydrogens is 166 g/mol. The molecule has 0 unspecified atom stereocenters. The highest BCUT2D eigenvalue weighted by Crippen LogP contribution is 2.02. The first-order valence-electron chi connectivity index (χ1n) is 4.22. The predicted octanol–water partition coefficient (Wildman–Crippen LogP) is 0.589. The molecule has 0 aliphatic rings. The summed E-state index contributed by atoms with van der Waals surface area (Å²) in [6.07, 6.45) is 4.57. The highest BCUT2D eigenvalue weighted by atomic mass is 16.5. The summed E-state index contributed by atoms with van der Waals surface area (Å²) in [6.45, 7) is 1.01. The van der Waals surface area contributed by atoms with E-state index in [1.807, 2.05) is 14.1 Å². The Kier molecular flexibility index (Phi) is 3.64. The molecule has 1 aromatic heterocycles. The van der Waals surface area contributed by atoms with Crippen molar-refractivity contribution < 1.29 is 4.74 Å². The van der Waals surface area contributed by atoms with Gasteiger partial charge in [0.05, 0.1) is 7.11 Å². The van der Waals surface area contributed by atoms with E-state index < -0.39 is 0 Å². The number of rotatable bonds is 4. The van der Waals surface area contributed by atoms with Gasteiger partial charge in [-0.25, -0.2) is 9.97 Å². The van der Waals surface area contributed by atoms with Crippen LogP contribution in [0, 0.1) is 0 Å². The van der Waals surface area contributed by atoms with E-state index in [0.717, 1.165) is 18.5 Å². The predicted molar refractivity (Wildman–Crippen MR) is 50.8 cm³/mol. The van der Waals surface area contributed by atoms with Gasteiger partial charge >= 0.3 is 6.01 Å². The van der Waals surface area contributed by atoms with Gasteiger partial charge in [-0.2, -0.15) is 0 Å². The van der Waals surface area contributed by atoms with E-state index in [0.29, 0.717) is 6.01 Å². The standard InChI is InChI=1S/C9H15N3O/c1-12(2)5-4-8-6-10-9(13-3)11-7-8/h6-7H,4-5H2,1-3H3. The maximum atomic E-state index is 4.86. The summed E-state index contributed by atoms with van der Waals surface area (Å²) in [6, 6.07) is 0.425. The largest absolute Gasteiger partial charge is 0.467 e. The van der Waals surface area contributed by atoms with Gasteiger partial charge in [-0.1, -0.05) is 0 Å². The molecule has 0 saturated heterocycles. The summed E-state index contributed by atoms with van der Waals surface area (Å²) in [7, 11) is 5.66. The molecule has 0 saturated carbocycles. The van der Waals surface area contributed by atoms with Crippen molar-refractivity contribution >= 4 is 0 Å². The molecule has 0 aliphatic carbocycles. The summed E-state index contributed by atoms with van der Waals surface area (Å²) in [4.78, 5) is 10.2. The zero-order valence-corrected chi connectivity index (χ0v) is 8.32. The van der Waals surface area contributed by atoms with Gasteiger partial charge in [0.15, 0.2) is 0 Å². The number of ether oxygens (including phenoxy) is 1. The number of aromatic nitrogens is 2. The molecule has 0 N–H and O–H groups in total. The van der Waals surface area contributed by atoms with E-state index in [1.54, 1.807) is 19.5 Å². The van der Waals surface area contributed by atoms with E-state index in [9.17, 15) is 0 Å². The van der Waals surface area contributed by atoms with Gasteiger partial charge < -0.3 is 9.64 Å². The van der Waals surface area contributed by atoms with E-state index >= 15 is 0 Å². The van der Waals surface area contributed by atoms with Crippen LogP contribution in [-0.2, 0) is 6.42 Å². The fourth-order valence-corrected chi connectivity index (χ4v) is 0.930. The fourth-order valence-electron chi connectivity index (χ4n) is 0.930. The normalized spacial score (nSPS) is 10.5. The van der Waals surface area contributed by atoms with Crippen LogP contribution in [0.25, 0.3) is 0 Å². The van der Waals surface area contributed by atoms with Crippen LogP contribution in [0.5, 0.6) is 6.01 Å². The maximum absolute atomic E-state index is 4.86. The second kappa shape index (κ2) is 4.77. The van der Waals surface area contributed by atoms with E-state index in [-0.39, 0.29) is 0 Å². The summed E-state index contributed by atoms with van der Waals surface area (Å²) in [5, 5.41) is 0. The van der Waals surface area contributed by atoms with Gasteiger partial charge in [0.25, 0.3) is 0 Å². The van der Waals surface area contributed by atoms with Crippen molar-refractivity contribution in [1.29, 1.82) is 0 Å². The highest BCUT2D eigenvalue weighted by molar-refractivity contribution is 5.07. The number of methoxy groups -OCH3 is 1. The monoisotopic (exact) mass is 181 g/mol. The number of hydrogen-bond acceptors (Lipinski definition) is 4. The zero-order chi connectivity index (χ0) is 9.68. The first kappa shape index (κ1) is 9.92. The minimum absolute atomic E-state index is 0.425. The lowest BCUT2D eigenvalue weighted by Crippen LogP contribution is -2.15. The number of nitrogens with zero attached hydrogens (tertiary/aromatic N) is 3. The van der Waals surface area contributed by atoms with E-state index in [2.05, 4.69) is 14.9 Å². The van der Waals surface area contributed by atoms with Crippen LogP contribution in [0.3, 0.4) is 0 Å². The molecule has 0 aromatic carbocycles. The summed E-state index contributed by atoms with van der Waals surface area (Å²) in [5.74, 6) is 0. The summed E-state index contributed by atoms with van der Waals surface area (Å²) in [5.41, 5.74) is 1.13. The van der Waals surface area contributed by atoms with Crippen LogP contribution < -0.4 is 4.74 Å². The third kappa shape index (κ3) is 3.38. The van der Waals surface area contributed by atoms with Crippen LogP contribution >= 0.6 is 0 Å². The van der Waals surface area contributed by atoms with E-state index in [1.165, 1.54) is 0 Å². The third-order valence-electron chi connectivity index (χ3n) is 1.71. The van der Waals surface area contributed by atoms with Gasteiger partial charge in [-0.3, -0.25) is 0 Å². The van der Waals surface area contributed by atoms with Gasteiger partial charge in [-0.15, -0.1) is 0 Å². The van der Waals surface area contributed by atoms with Crippen LogP contribution in [0.15, 0.2) is 12.4 Å². The molecule has 0 amide bonds. The fraction of sp³-hybridized carbons (Fsp3) is 0.556. The molecule has 1 rings (SSSR count). The molecule has 13 heavy (non-hydrogen) atoms. The molecule has 0 spiro atoms. The van der Waals surface area contributed by atoms with Gasteiger partial charge in [0.1, 0.15) is 0 Å². The molecule has 0 aliphatic heterocycles. The number of likely N-dealkylation sites (N-methyl/N-ethyl adjacent to an activating group) is 1. The van der Waals surface area contributed by atoms with Crippen LogP contribution in [0.2, 0.25) is 0 Å². The highest BCUT2D eigenvalue weighted by Gasteiger charge is 1.97. The van der Waals surface area contributed by atoms with Crippen LogP contribution in [0.1, 0.15) is 5.56 Å². The van der Waals surface area contributed by atoms with Crippen molar-refractivity contribution in [3.63, 3.8) is 0 Å². The molecule has 0 fully saturated rings. The first-order chi connectivity index (χ1) is 6.22. The average Bonchev–Trinajstić information content (AvgIpc) is 2.15. The second-order valence-electron chi connectivity index (χ2n) is 3.13. The Morgan fingerprint density at radius 1 is 1.31 bits per heavy atom. The summed E-state index contributed by atoms with van der Waals surface area (Å²) >= 11 is 0. The third-order valence-corrected chi connectivity index (χ3v) is 1.71. The second-order valence-corrected chi connectivity index (χ2v) is 3.13. The lowest BCUT2D eigenvalue weighted by Gasteiger charge is -2.08. The van der Waals surface area contributed by atoms with Crippen molar-refractivity contribution in [3.8, 4) is 6.01 Å². The Morgan fingerprint density at radius 2 is 1.92 bits per heavy atom. The molecule has 0 bridgehead atoms. The van der Waals surface area contributed by atoms with Crippen molar-refractivity contribution in [2.45, 2.75) is 6.42 Å². The Balaban J connectivity index is 2.49. The Labute approximate surface area is 78.6 Å². The van der Waals surface area contributed by atoms with Crippen molar-refractivity contribution in [2.75, 3.05) is 27.7 Å². The molecule has 0 atom stereocenters. The van der Waals surface area contributed by atoms with Crippen molar-refractivity contribution in [3.05, 3.63) is 18.0 Å². The first-order valence-corrected chi connectivity index (χ1v) is 4.22. The molecule has 1 heterocycles. The minimum atomic E-state index is 0.425.